The Morgan fingerprint density at radius 2 is 2.17 bits per heavy atom. The third-order valence-corrected chi connectivity index (χ3v) is 2.41. The van der Waals surface area contributed by atoms with Gasteiger partial charge in [0, 0.05) is 5.56 Å². The summed E-state index contributed by atoms with van der Waals surface area (Å²) in [5, 5.41) is 11.3. The van der Waals surface area contributed by atoms with Crippen LogP contribution in [0.5, 0.6) is 0 Å². The van der Waals surface area contributed by atoms with E-state index < -0.39 is 30.3 Å². The molecule has 0 aliphatic carbocycles. The van der Waals surface area contributed by atoms with Gasteiger partial charge in [0.2, 0.25) is 0 Å². The van der Waals surface area contributed by atoms with Gasteiger partial charge in [-0.2, -0.15) is 0 Å². The van der Waals surface area contributed by atoms with Crippen molar-refractivity contribution in [3.05, 3.63) is 35.1 Å². The molecule has 0 aliphatic rings. The fourth-order valence-electron chi connectivity index (χ4n) is 1.44. The molecule has 1 atom stereocenters. The van der Waals surface area contributed by atoms with Gasteiger partial charge in [-0.05, 0) is 30.7 Å². The first-order valence-electron chi connectivity index (χ1n) is 5.25. The Morgan fingerprint density at radius 3 is 2.67 bits per heavy atom. The summed E-state index contributed by atoms with van der Waals surface area (Å²) in [6.45, 7) is 1.00. The van der Waals surface area contributed by atoms with Gasteiger partial charge in [0.05, 0.1) is 13.7 Å². The molecule has 0 spiro atoms. The SMILES string of the molecule is COC(=O)C(CO)NC(=O)c1ccc(F)cc1C. The summed E-state index contributed by atoms with van der Waals surface area (Å²) >= 11 is 0. The van der Waals surface area contributed by atoms with Gasteiger partial charge in [-0.1, -0.05) is 0 Å². The number of esters is 1. The molecule has 1 unspecified atom stereocenters. The van der Waals surface area contributed by atoms with Gasteiger partial charge >= 0.3 is 5.97 Å². The third-order valence-electron chi connectivity index (χ3n) is 2.41. The van der Waals surface area contributed by atoms with Gasteiger partial charge in [0.25, 0.3) is 5.91 Å². The predicted octanol–water partition coefficient (Wildman–Crippen LogP) is 0.398. The Balaban J connectivity index is 2.84. The maximum Gasteiger partial charge on any atom is 0.330 e. The van der Waals surface area contributed by atoms with E-state index in [-0.39, 0.29) is 5.56 Å². The van der Waals surface area contributed by atoms with Crippen molar-refractivity contribution in [3.63, 3.8) is 0 Å². The zero-order valence-electron chi connectivity index (χ0n) is 10.1. The van der Waals surface area contributed by atoms with Crippen LogP contribution in [0.25, 0.3) is 0 Å². The normalized spacial score (nSPS) is 11.8. The number of aliphatic hydroxyl groups is 1. The van der Waals surface area contributed by atoms with Crippen molar-refractivity contribution >= 4 is 11.9 Å². The lowest BCUT2D eigenvalue weighted by molar-refractivity contribution is -0.143. The predicted molar refractivity (Wildman–Crippen MR) is 61.5 cm³/mol. The van der Waals surface area contributed by atoms with E-state index in [2.05, 4.69) is 10.1 Å². The van der Waals surface area contributed by atoms with Crippen LogP contribution in [0.3, 0.4) is 0 Å². The standard InChI is InChI=1S/C12H14FNO4/c1-7-5-8(13)3-4-9(7)11(16)14-10(6-15)12(17)18-2/h3-5,10,15H,6H2,1-2H3,(H,14,16). The zero-order valence-corrected chi connectivity index (χ0v) is 10.1. The van der Waals surface area contributed by atoms with E-state index in [9.17, 15) is 14.0 Å². The van der Waals surface area contributed by atoms with Gasteiger partial charge in [-0.15, -0.1) is 0 Å². The highest BCUT2D eigenvalue weighted by Crippen LogP contribution is 2.10. The molecule has 0 aromatic heterocycles. The summed E-state index contributed by atoms with van der Waals surface area (Å²) < 4.78 is 17.3. The number of aryl methyl sites for hydroxylation is 1. The number of benzene rings is 1. The lowest BCUT2D eigenvalue weighted by Gasteiger charge is -2.14. The lowest BCUT2D eigenvalue weighted by Crippen LogP contribution is -2.44. The van der Waals surface area contributed by atoms with E-state index in [0.29, 0.717) is 5.56 Å². The molecule has 5 nitrogen and oxygen atoms in total. The number of amides is 1. The molecule has 0 bridgehead atoms. The Kier molecular flexibility index (Phi) is 4.79. The lowest BCUT2D eigenvalue weighted by atomic mass is 10.1. The van der Waals surface area contributed by atoms with Crippen molar-refractivity contribution < 1.29 is 23.8 Å². The molecule has 98 valence electrons. The van der Waals surface area contributed by atoms with Gasteiger partial charge in [0.15, 0.2) is 6.04 Å². The Bertz CT molecular complexity index is 461. The van der Waals surface area contributed by atoms with Gasteiger partial charge in [-0.25, -0.2) is 9.18 Å². The fourth-order valence-corrected chi connectivity index (χ4v) is 1.44. The van der Waals surface area contributed by atoms with E-state index in [0.717, 1.165) is 13.2 Å². The van der Waals surface area contributed by atoms with Crippen molar-refractivity contribution in [2.75, 3.05) is 13.7 Å². The number of aliphatic hydroxyl groups excluding tert-OH is 1. The summed E-state index contributed by atoms with van der Waals surface area (Å²) in [5.41, 5.74) is 0.674. The van der Waals surface area contributed by atoms with E-state index >= 15 is 0 Å². The van der Waals surface area contributed by atoms with Crippen molar-refractivity contribution in [2.24, 2.45) is 0 Å². The number of nitrogens with one attached hydrogen (secondary N) is 1. The Labute approximate surface area is 104 Å². The van der Waals surface area contributed by atoms with E-state index in [4.69, 9.17) is 5.11 Å². The van der Waals surface area contributed by atoms with Crippen LogP contribution in [0.15, 0.2) is 18.2 Å². The van der Waals surface area contributed by atoms with Crippen LogP contribution in [-0.2, 0) is 9.53 Å². The molecule has 18 heavy (non-hydrogen) atoms. The van der Waals surface area contributed by atoms with Gasteiger partial charge in [-0.3, -0.25) is 4.79 Å². The van der Waals surface area contributed by atoms with E-state index in [1.54, 1.807) is 6.92 Å². The monoisotopic (exact) mass is 255 g/mol. The van der Waals surface area contributed by atoms with Crippen LogP contribution in [0.2, 0.25) is 0 Å². The maximum atomic E-state index is 12.9. The van der Waals surface area contributed by atoms with E-state index in [1.165, 1.54) is 12.1 Å². The van der Waals surface area contributed by atoms with Crippen molar-refractivity contribution in [3.8, 4) is 0 Å². The number of carbonyl (C=O) groups is 2. The number of carbonyl (C=O) groups excluding carboxylic acids is 2. The van der Waals surface area contributed by atoms with Crippen molar-refractivity contribution in [1.29, 1.82) is 0 Å². The van der Waals surface area contributed by atoms with Crippen molar-refractivity contribution in [2.45, 2.75) is 13.0 Å². The molecule has 1 aromatic rings. The first kappa shape index (κ1) is 14.1. The van der Waals surface area contributed by atoms with Crippen LogP contribution in [-0.4, -0.2) is 36.7 Å². The topological polar surface area (TPSA) is 75.6 Å². The molecule has 0 aliphatic heterocycles. The average Bonchev–Trinajstić information content (AvgIpc) is 2.34. The number of methoxy groups -OCH3 is 1. The minimum Gasteiger partial charge on any atom is -0.467 e. The average molecular weight is 255 g/mol. The van der Waals surface area contributed by atoms with Crippen LogP contribution in [0.1, 0.15) is 15.9 Å². The maximum absolute atomic E-state index is 12.9. The highest BCUT2D eigenvalue weighted by atomic mass is 19.1. The minimum atomic E-state index is -1.13. The molecule has 1 aromatic carbocycles. The van der Waals surface area contributed by atoms with Crippen LogP contribution < -0.4 is 5.32 Å². The summed E-state index contributed by atoms with van der Waals surface area (Å²) in [5.74, 6) is -1.77. The van der Waals surface area contributed by atoms with Crippen LogP contribution >= 0.6 is 0 Å². The van der Waals surface area contributed by atoms with E-state index in [1.807, 2.05) is 0 Å². The Morgan fingerprint density at radius 1 is 1.50 bits per heavy atom. The molecule has 0 radical (unpaired) electrons. The van der Waals surface area contributed by atoms with Crippen LogP contribution in [0, 0.1) is 12.7 Å². The molecule has 0 saturated carbocycles. The van der Waals surface area contributed by atoms with Crippen molar-refractivity contribution in [1.82, 2.24) is 5.32 Å². The molecule has 1 rings (SSSR count). The number of halogens is 1. The molecule has 0 fully saturated rings. The highest BCUT2D eigenvalue weighted by Gasteiger charge is 2.21. The second-order valence-corrected chi connectivity index (χ2v) is 3.69. The molecule has 2 N–H and O–H groups in total. The molecule has 1 amide bonds. The first-order chi connectivity index (χ1) is 8.49. The molecule has 0 saturated heterocycles. The second-order valence-electron chi connectivity index (χ2n) is 3.69. The molecule has 0 heterocycles. The number of rotatable bonds is 4. The largest absolute Gasteiger partial charge is 0.467 e. The first-order valence-corrected chi connectivity index (χ1v) is 5.25. The number of hydrogen-bond acceptors (Lipinski definition) is 4. The summed E-state index contributed by atoms with van der Waals surface area (Å²) in [6, 6.07) is 2.53. The fraction of sp³-hybridized carbons (Fsp3) is 0.333. The number of ether oxygens (including phenoxy) is 1. The second kappa shape index (κ2) is 6.11. The molecule has 6 heteroatoms. The quantitative estimate of drug-likeness (QED) is 0.763. The van der Waals surface area contributed by atoms with Gasteiger partial charge < -0.3 is 15.2 Å². The number of hydrogen-bond donors (Lipinski definition) is 2. The third kappa shape index (κ3) is 3.27. The minimum absolute atomic E-state index is 0.235. The summed E-state index contributed by atoms with van der Waals surface area (Å²) in [7, 11) is 1.15. The highest BCUT2D eigenvalue weighted by molar-refractivity contribution is 5.97. The smallest absolute Gasteiger partial charge is 0.330 e. The summed E-state index contributed by atoms with van der Waals surface area (Å²) in [6.07, 6.45) is 0. The molecular weight excluding hydrogens is 241 g/mol. The Hall–Kier alpha value is -1.95. The van der Waals surface area contributed by atoms with Crippen LogP contribution in [0.4, 0.5) is 4.39 Å². The molecular formula is C12H14FNO4. The van der Waals surface area contributed by atoms with Gasteiger partial charge in [0.1, 0.15) is 5.82 Å². The zero-order chi connectivity index (χ0) is 13.7. The summed E-state index contributed by atoms with van der Waals surface area (Å²) in [4.78, 5) is 23.0.